The van der Waals surface area contributed by atoms with Gasteiger partial charge in [0.25, 0.3) is 0 Å². The molecule has 0 bridgehead atoms. The number of nitrogens with two attached hydrogens (primary N) is 1. The van der Waals surface area contributed by atoms with Crippen molar-refractivity contribution < 1.29 is 5.11 Å². The zero-order valence-corrected chi connectivity index (χ0v) is 17.5. The second-order valence-corrected chi connectivity index (χ2v) is 7.87. The highest BCUT2D eigenvalue weighted by Crippen LogP contribution is 2.14. The molecule has 2 heteroatoms. The van der Waals surface area contributed by atoms with Crippen molar-refractivity contribution in [2.75, 3.05) is 0 Å². The molecule has 0 aromatic rings. The first-order chi connectivity index (χ1) is 11.5. The molecule has 148 valence electrons. The average molecular weight is 344 g/mol. The van der Waals surface area contributed by atoms with Gasteiger partial charge in [0.1, 0.15) is 0 Å². The van der Waals surface area contributed by atoms with Gasteiger partial charge in [0, 0.05) is 0 Å². The largest absolute Gasteiger partial charge is 0.379 e. The van der Waals surface area contributed by atoms with Gasteiger partial charge in [0.05, 0.1) is 6.23 Å². The zero-order chi connectivity index (χ0) is 18.5. The third-order valence-corrected chi connectivity index (χ3v) is 4.39. The molecule has 0 saturated carbocycles. The van der Waals surface area contributed by atoms with Crippen LogP contribution in [-0.2, 0) is 0 Å². The summed E-state index contributed by atoms with van der Waals surface area (Å²) < 4.78 is 0. The summed E-state index contributed by atoms with van der Waals surface area (Å²) in [6, 6.07) is 0. The van der Waals surface area contributed by atoms with Crippen LogP contribution in [0.2, 0.25) is 0 Å². The molecule has 0 radical (unpaired) electrons. The number of hydrogen-bond acceptors (Lipinski definition) is 2. The van der Waals surface area contributed by atoms with Gasteiger partial charge < -0.3 is 10.8 Å². The number of unbranched alkanes of at least 4 members (excludes halogenated alkanes) is 14. The molecule has 1 unspecified atom stereocenters. The molecule has 0 aromatic carbocycles. The fourth-order valence-electron chi connectivity index (χ4n) is 2.92. The molecule has 0 spiro atoms. The maximum absolute atomic E-state index is 7.83. The van der Waals surface area contributed by atoms with Crippen LogP contribution in [-0.4, -0.2) is 11.3 Å². The highest BCUT2D eigenvalue weighted by Gasteiger charge is 1.95. The van der Waals surface area contributed by atoms with Gasteiger partial charge >= 0.3 is 0 Å². The molecule has 0 aromatic heterocycles. The summed E-state index contributed by atoms with van der Waals surface area (Å²) >= 11 is 0. The number of aliphatic hydroxyl groups is 1. The molecule has 0 aliphatic heterocycles. The SMILES string of the molecule is CC(N)O.CCCCCCCCCCCCCCCCCC(C)C. The number of rotatable bonds is 16. The van der Waals surface area contributed by atoms with Crippen LogP contribution in [0.3, 0.4) is 0 Å². The van der Waals surface area contributed by atoms with Gasteiger partial charge in [-0.15, -0.1) is 0 Å². The van der Waals surface area contributed by atoms with Crippen LogP contribution in [0.15, 0.2) is 0 Å². The van der Waals surface area contributed by atoms with Gasteiger partial charge in [-0.05, 0) is 12.8 Å². The lowest BCUT2D eigenvalue weighted by Gasteiger charge is -2.05. The molecular formula is C22H49NO. The Morgan fingerprint density at radius 1 is 0.583 bits per heavy atom. The normalized spacial score (nSPS) is 12.1. The Kier molecular flexibility index (Phi) is 25.0. The molecule has 2 nitrogen and oxygen atoms in total. The van der Waals surface area contributed by atoms with Crippen LogP contribution < -0.4 is 5.73 Å². The van der Waals surface area contributed by atoms with E-state index in [1.807, 2.05) is 0 Å². The second-order valence-electron chi connectivity index (χ2n) is 7.87. The van der Waals surface area contributed by atoms with Crippen molar-refractivity contribution in [1.29, 1.82) is 0 Å². The first-order valence-corrected chi connectivity index (χ1v) is 10.9. The number of aliphatic hydroxyl groups excluding tert-OH is 1. The summed E-state index contributed by atoms with van der Waals surface area (Å²) in [5.74, 6) is 0.900. The van der Waals surface area contributed by atoms with E-state index in [4.69, 9.17) is 5.11 Å². The van der Waals surface area contributed by atoms with E-state index in [-0.39, 0.29) is 0 Å². The van der Waals surface area contributed by atoms with Crippen molar-refractivity contribution >= 4 is 0 Å². The highest BCUT2D eigenvalue weighted by molar-refractivity contribution is 4.50. The topological polar surface area (TPSA) is 46.2 Å². The Morgan fingerprint density at radius 2 is 0.833 bits per heavy atom. The summed E-state index contributed by atoms with van der Waals surface area (Å²) in [6.45, 7) is 8.47. The summed E-state index contributed by atoms with van der Waals surface area (Å²) in [7, 11) is 0. The zero-order valence-electron chi connectivity index (χ0n) is 17.5. The van der Waals surface area contributed by atoms with Crippen molar-refractivity contribution in [3.8, 4) is 0 Å². The van der Waals surface area contributed by atoms with E-state index in [9.17, 15) is 0 Å². The summed E-state index contributed by atoms with van der Waals surface area (Å²) in [4.78, 5) is 0. The van der Waals surface area contributed by atoms with Crippen LogP contribution in [0, 0.1) is 5.92 Å². The van der Waals surface area contributed by atoms with Crippen LogP contribution >= 0.6 is 0 Å². The Bertz CT molecular complexity index is 201. The summed E-state index contributed by atoms with van der Waals surface area (Å²) in [6.07, 6.45) is 22.8. The average Bonchev–Trinajstić information content (AvgIpc) is 2.50. The van der Waals surface area contributed by atoms with E-state index < -0.39 is 6.23 Å². The maximum atomic E-state index is 7.83. The van der Waals surface area contributed by atoms with Crippen LogP contribution in [0.1, 0.15) is 130 Å². The van der Waals surface area contributed by atoms with Gasteiger partial charge in [0.15, 0.2) is 0 Å². The first-order valence-electron chi connectivity index (χ1n) is 10.9. The van der Waals surface area contributed by atoms with E-state index in [0.29, 0.717) is 0 Å². The van der Waals surface area contributed by atoms with Gasteiger partial charge in [-0.25, -0.2) is 0 Å². The third-order valence-electron chi connectivity index (χ3n) is 4.39. The van der Waals surface area contributed by atoms with Crippen molar-refractivity contribution in [3.05, 3.63) is 0 Å². The molecule has 3 N–H and O–H groups in total. The van der Waals surface area contributed by atoms with Gasteiger partial charge in [-0.1, -0.05) is 124 Å². The molecule has 0 saturated heterocycles. The second kappa shape index (κ2) is 22.9. The molecule has 0 aliphatic rings. The standard InChI is InChI=1S/C20H42.C2H7NO/c1-4-5-6-7-8-9-10-11-12-13-14-15-16-17-18-19-20(2)3;1-2(3)4/h20H,4-19H2,1-3H3;2,4H,3H2,1H3. The molecule has 1 atom stereocenters. The quantitative estimate of drug-likeness (QED) is 0.230. The van der Waals surface area contributed by atoms with Crippen LogP contribution in [0.5, 0.6) is 0 Å². The van der Waals surface area contributed by atoms with E-state index in [2.05, 4.69) is 26.5 Å². The summed E-state index contributed by atoms with van der Waals surface area (Å²) in [5, 5.41) is 7.83. The monoisotopic (exact) mass is 343 g/mol. The molecule has 0 fully saturated rings. The first kappa shape index (κ1) is 26.2. The van der Waals surface area contributed by atoms with Crippen LogP contribution in [0.25, 0.3) is 0 Å². The highest BCUT2D eigenvalue weighted by atomic mass is 16.3. The van der Waals surface area contributed by atoms with Crippen molar-refractivity contribution in [2.45, 2.75) is 137 Å². The Labute approximate surface area is 154 Å². The van der Waals surface area contributed by atoms with Gasteiger partial charge in [0.2, 0.25) is 0 Å². The lowest BCUT2D eigenvalue weighted by molar-refractivity contribution is 0.203. The molecule has 0 aliphatic carbocycles. The fraction of sp³-hybridized carbons (Fsp3) is 1.00. The fourth-order valence-corrected chi connectivity index (χ4v) is 2.92. The minimum atomic E-state index is -0.667. The van der Waals surface area contributed by atoms with Crippen molar-refractivity contribution in [3.63, 3.8) is 0 Å². The predicted molar refractivity (Wildman–Crippen MR) is 110 cm³/mol. The molecule has 0 heterocycles. The third kappa shape index (κ3) is 33.5. The molecule has 0 rings (SSSR count). The van der Waals surface area contributed by atoms with Crippen molar-refractivity contribution in [2.24, 2.45) is 11.7 Å². The smallest absolute Gasteiger partial charge is 0.0991 e. The van der Waals surface area contributed by atoms with E-state index in [1.165, 1.54) is 110 Å². The van der Waals surface area contributed by atoms with Gasteiger partial charge in [-0.2, -0.15) is 0 Å². The number of hydrogen-bond donors (Lipinski definition) is 2. The molecular weight excluding hydrogens is 294 g/mol. The Morgan fingerprint density at radius 3 is 1.08 bits per heavy atom. The van der Waals surface area contributed by atoms with E-state index >= 15 is 0 Å². The van der Waals surface area contributed by atoms with Gasteiger partial charge in [-0.3, -0.25) is 0 Å². The van der Waals surface area contributed by atoms with Crippen LogP contribution in [0.4, 0.5) is 0 Å². The lowest BCUT2D eigenvalue weighted by atomic mass is 10.0. The predicted octanol–water partition coefficient (Wildman–Crippen LogP) is 7.19. The van der Waals surface area contributed by atoms with Crippen molar-refractivity contribution in [1.82, 2.24) is 0 Å². The summed E-state index contributed by atoms with van der Waals surface area (Å²) in [5.41, 5.74) is 4.67. The Hall–Kier alpha value is -0.0800. The Balaban J connectivity index is 0. The van der Waals surface area contributed by atoms with E-state index in [0.717, 1.165) is 5.92 Å². The minimum Gasteiger partial charge on any atom is -0.379 e. The lowest BCUT2D eigenvalue weighted by Crippen LogP contribution is -2.11. The maximum Gasteiger partial charge on any atom is 0.0991 e. The molecule has 24 heavy (non-hydrogen) atoms. The van der Waals surface area contributed by atoms with E-state index in [1.54, 1.807) is 0 Å². The minimum absolute atomic E-state index is 0.667. The molecule has 0 amide bonds.